The van der Waals surface area contributed by atoms with E-state index in [1.807, 2.05) is 107 Å². The van der Waals surface area contributed by atoms with Crippen LogP contribution in [-0.2, 0) is 22.6 Å². The lowest BCUT2D eigenvalue weighted by Crippen LogP contribution is -2.55. The van der Waals surface area contributed by atoms with Crippen LogP contribution in [0.25, 0.3) is 0 Å². The van der Waals surface area contributed by atoms with E-state index in [0.29, 0.717) is 17.9 Å². The standard InChI is InChI=1S/C30H36N2O4/c1-22-11-9-16-26(17-22)36-21-28(33)32(20-24-14-10-15-25(18-24)35-5)27(29(34)31-30(2,3)4)19-23-12-7-6-8-13-23/h6-18,27H,19-21H2,1-5H3,(H,31,34). The van der Waals surface area contributed by atoms with Gasteiger partial charge in [0.1, 0.15) is 17.5 Å². The summed E-state index contributed by atoms with van der Waals surface area (Å²) in [6, 6.07) is 24.1. The van der Waals surface area contributed by atoms with Crippen molar-refractivity contribution in [2.75, 3.05) is 13.7 Å². The first kappa shape index (κ1) is 26.8. The fraction of sp³-hybridized carbons (Fsp3) is 0.333. The summed E-state index contributed by atoms with van der Waals surface area (Å²) in [5.74, 6) is 0.820. The largest absolute Gasteiger partial charge is 0.497 e. The highest BCUT2D eigenvalue weighted by Gasteiger charge is 2.32. The van der Waals surface area contributed by atoms with Crippen LogP contribution in [0.1, 0.15) is 37.5 Å². The maximum Gasteiger partial charge on any atom is 0.261 e. The summed E-state index contributed by atoms with van der Waals surface area (Å²) < 4.78 is 11.2. The molecule has 3 aromatic rings. The van der Waals surface area contributed by atoms with Gasteiger partial charge in [0.2, 0.25) is 5.91 Å². The van der Waals surface area contributed by atoms with Gasteiger partial charge in [-0.15, -0.1) is 0 Å². The summed E-state index contributed by atoms with van der Waals surface area (Å²) >= 11 is 0. The minimum absolute atomic E-state index is 0.179. The van der Waals surface area contributed by atoms with Gasteiger partial charge in [-0.3, -0.25) is 9.59 Å². The van der Waals surface area contributed by atoms with Crippen LogP contribution < -0.4 is 14.8 Å². The summed E-state index contributed by atoms with van der Waals surface area (Å²) in [6.07, 6.45) is 0.378. The van der Waals surface area contributed by atoms with E-state index in [0.717, 1.165) is 16.7 Å². The van der Waals surface area contributed by atoms with Crippen molar-refractivity contribution < 1.29 is 19.1 Å². The molecule has 1 unspecified atom stereocenters. The topological polar surface area (TPSA) is 67.9 Å². The minimum atomic E-state index is -0.730. The Balaban J connectivity index is 1.94. The van der Waals surface area contributed by atoms with E-state index in [9.17, 15) is 9.59 Å². The number of nitrogens with zero attached hydrogens (tertiary/aromatic N) is 1. The number of methoxy groups -OCH3 is 1. The second-order valence-electron chi connectivity index (χ2n) is 9.92. The Morgan fingerprint density at radius 2 is 1.56 bits per heavy atom. The van der Waals surface area contributed by atoms with Crippen LogP contribution in [0, 0.1) is 6.92 Å². The molecule has 0 aliphatic rings. The summed E-state index contributed by atoms with van der Waals surface area (Å²) in [7, 11) is 1.60. The smallest absolute Gasteiger partial charge is 0.261 e. The number of amides is 2. The molecule has 36 heavy (non-hydrogen) atoms. The first-order chi connectivity index (χ1) is 17.1. The molecule has 2 amide bonds. The molecule has 0 saturated heterocycles. The SMILES string of the molecule is COc1cccc(CN(C(=O)COc2cccc(C)c2)C(Cc2ccccc2)C(=O)NC(C)(C)C)c1. The lowest BCUT2D eigenvalue weighted by atomic mass is 10.0. The van der Waals surface area contributed by atoms with Gasteiger partial charge in [0, 0.05) is 18.5 Å². The Bertz CT molecular complexity index is 1150. The van der Waals surface area contributed by atoms with Crippen molar-refractivity contribution in [1.82, 2.24) is 10.2 Å². The Hall–Kier alpha value is -3.80. The zero-order valence-electron chi connectivity index (χ0n) is 21.8. The molecule has 0 fully saturated rings. The highest BCUT2D eigenvalue weighted by molar-refractivity contribution is 5.89. The minimum Gasteiger partial charge on any atom is -0.497 e. The Morgan fingerprint density at radius 3 is 2.22 bits per heavy atom. The van der Waals surface area contributed by atoms with Crippen LogP contribution in [0.5, 0.6) is 11.5 Å². The molecular formula is C30H36N2O4. The first-order valence-electron chi connectivity index (χ1n) is 12.1. The number of hydrogen-bond acceptors (Lipinski definition) is 4. The summed E-state index contributed by atoms with van der Waals surface area (Å²) in [5.41, 5.74) is 2.42. The van der Waals surface area contributed by atoms with Crippen molar-refractivity contribution in [3.63, 3.8) is 0 Å². The molecule has 190 valence electrons. The van der Waals surface area contributed by atoms with Crippen molar-refractivity contribution in [3.05, 3.63) is 95.6 Å². The number of rotatable bonds is 10. The summed E-state index contributed by atoms with van der Waals surface area (Å²) in [6.45, 7) is 7.82. The summed E-state index contributed by atoms with van der Waals surface area (Å²) in [4.78, 5) is 28.8. The Morgan fingerprint density at radius 1 is 0.889 bits per heavy atom. The van der Waals surface area contributed by atoms with Crippen molar-refractivity contribution in [2.24, 2.45) is 0 Å². The average molecular weight is 489 g/mol. The highest BCUT2D eigenvalue weighted by atomic mass is 16.5. The van der Waals surface area contributed by atoms with E-state index in [-0.39, 0.29) is 25.0 Å². The Kier molecular flexibility index (Phi) is 9.12. The predicted octanol–water partition coefficient (Wildman–Crippen LogP) is 4.94. The molecule has 6 heteroatoms. The average Bonchev–Trinajstić information content (AvgIpc) is 2.84. The zero-order valence-corrected chi connectivity index (χ0v) is 21.8. The predicted molar refractivity (Wildman–Crippen MR) is 142 cm³/mol. The molecule has 0 radical (unpaired) electrons. The monoisotopic (exact) mass is 488 g/mol. The van der Waals surface area contributed by atoms with Crippen LogP contribution in [0.2, 0.25) is 0 Å². The first-order valence-corrected chi connectivity index (χ1v) is 12.1. The molecule has 3 aromatic carbocycles. The molecule has 0 saturated carbocycles. The fourth-order valence-corrected chi connectivity index (χ4v) is 3.91. The van der Waals surface area contributed by atoms with Crippen molar-refractivity contribution >= 4 is 11.8 Å². The lowest BCUT2D eigenvalue weighted by Gasteiger charge is -2.33. The van der Waals surface area contributed by atoms with E-state index in [1.165, 1.54) is 0 Å². The van der Waals surface area contributed by atoms with Gasteiger partial charge in [-0.1, -0.05) is 54.6 Å². The maximum atomic E-state index is 13.7. The number of carbonyl (C=O) groups excluding carboxylic acids is 2. The molecule has 3 rings (SSSR count). The maximum absolute atomic E-state index is 13.7. The fourth-order valence-electron chi connectivity index (χ4n) is 3.91. The van der Waals surface area contributed by atoms with Gasteiger partial charge in [0.05, 0.1) is 7.11 Å². The van der Waals surface area contributed by atoms with E-state index in [1.54, 1.807) is 12.0 Å². The van der Waals surface area contributed by atoms with E-state index in [2.05, 4.69) is 5.32 Å². The van der Waals surface area contributed by atoms with Crippen molar-refractivity contribution in [2.45, 2.75) is 52.2 Å². The van der Waals surface area contributed by atoms with Crippen LogP contribution in [0.3, 0.4) is 0 Å². The molecule has 1 atom stereocenters. The number of aryl methyl sites for hydroxylation is 1. The lowest BCUT2D eigenvalue weighted by molar-refractivity contribution is -0.143. The number of ether oxygens (including phenoxy) is 2. The van der Waals surface area contributed by atoms with Gasteiger partial charge >= 0.3 is 0 Å². The van der Waals surface area contributed by atoms with Gasteiger partial charge in [-0.2, -0.15) is 0 Å². The molecule has 0 bridgehead atoms. The third-order valence-electron chi connectivity index (χ3n) is 5.61. The highest BCUT2D eigenvalue weighted by Crippen LogP contribution is 2.20. The van der Waals surface area contributed by atoms with E-state index < -0.39 is 11.6 Å². The molecule has 1 N–H and O–H groups in total. The summed E-state index contributed by atoms with van der Waals surface area (Å²) in [5, 5.41) is 3.07. The van der Waals surface area contributed by atoms with Gasteiger partial charge in [0.15, 0.2) is 6.61 Å². The van der Waals surface area contributed by atoms with Crippen LogP contribution in [0.15, 0.2) is 78.9 Å². The normalized spacial score (nSPS) is 11.9. The van der Waals surface area contributed by atoms with Crippen LogP contribution >= 0.6 is 0 Å². The second-order valence-corrected chi connectivity index (χ2v) is 9.92. The van der Waals surface area contributed by atoms with Gasteiger partial charge in [-0.05, 0) is 68.7 Å². The number of nitrogens with one attached hydrogen (secondary N) is 1. The van der Waals surface area contributed by atoms with E-state index in [4.69, 9.17) is 9.47 Å². The van der Waals surface area contributed by atoms with Crippen LogP contribution in [0.4, 0.5) is 0 Å². The van der Waals surface area contributed by atoms with Crippen LogP contribution in [-0.4, -0.2) is 42.0 Å². The third-order valence-corrected chi connectivity index (χ3v) is 5.61. The van der Waals surface area contributed by atoms with Gasteiger partial charge in [-0.25, -0.2) is 0 Å². The molecule has 0 heterocycles. The zero-order chi connectivity index (χ0) is 26.1. The van der Waals surface area contributed by atoms with Crippen molar-refractivity contribution in [3.8, 4) is 11.5 Å². The van der Waals surface area contributed by atoms with Crippen molar-refractivity contribution in [1.29, 1.82) is 0 Å². The Labute approximate surface area is 214 Å². The second kappa shape index (κ2) is 12.2. The molecule has 6 nitrogen and oxygen atoms in total. The van der Waals surface area contributed by atoms with Gasteiger partial charge < -0.3 is 19.7 Å². The quantitative estimate of drug-likeness (QED) is 0.439. The number of carbonyl (C=O) groups is 2. The number of benzene rings is 3. The molecule has 0 aliphatic heterocycles. The van der Waals surface area contributed by atoms with Gasteiger partial charge in [0.25, 0.3) is 5.91 Å². The van der Waals surface area contributed by atoms with E-state index >= 15 is 0 Å². The molecule has 0 aromatic heterocycles. The molecular weight excluding hydrogens is 452 g/mol. The molecule has 0 aliphatic carbocycles. The number of hydrogen-bond donors (Lipinski definition) is 1. The molecule has 0 spiro atoms. The third kappa shape index (κ3) is 8.15.